The fourth-order valence-corrected chi connectivity index (χ4v) is 5.73. The van der Waals surface area contributed by atoms with Crippen LogP contribution in [0, 0.1) is 5.92 Å². The standard InChI is InChI=1S/C29H36N2O5/c1-31-16-8-7-13-25(31)23(12-9-17-31)20-36-29(33)24(30-28(32)22-10-5-4-6-11-22)18-21-14-15-26(34-2)27(19-21)35-3/h4-6,10-11,14-15,18-19,23,25H,7-9,12-13,16-17,20H2,1-3H3/p+1/b24-18+/t23-,25?,31?/m0/s1. The largest absolute Gasteiger partial charge is 0.493 e. The van der Waals surface area contributed by atoms with E-state index >= 15 is 0 Å². The second-order valence-corrected chi connectivity index (χ2v) is 9.98. The summed E-state index contributed by atoms with van der Waals surface area (Å²) < 4.78 is 17.7. The molecule has 2 fully saturated rings. The van der Waals surface area contributed by atoms with E-state index in [1.54, 1.807) is 62.8 Å². The van der Waals surface area contributed by atoms with E-state index in [9.17, 15) is 9.59 Å². The lowest BCUT2D eigenvalue weighted by Gasteiger charge is -2.51. The highest BCUT2D eigenvalue weighted by Gasteiger charge is 2.44. The van der Waals surface area contributed by atoms with E-state index in [0.29, 0.717) is 41.2 Å². The fraction of sp³-hybridized carbons (Fsp3) is 0.448. The molecule has 2 aromatic rings. The van der Waals surface area contributed by atoms with Crippen LogP contribution in [-0.4, -0.2) is 63.4 Å². The molecular weight excluding hydrogens is 456 g/mol. The normalized spacial score (nSPS) is 23.8. The molecule has 0 radical (unpaired) electrons. The van der Waals surface area contributed by atoms with Gasteiger partial charge in [-0.2, -0.15) is 0 Å². The maximum absolute atomic E-state index is 13.3. The van der Waals surface area contributed by atoms with Gasteiger partial charge in [0.25, 0.3) is 5.91 Å². The predicted octanol–water partition coefficient (Wildman–Crippen LogP) is 4.43. The Balaban J connectivity index is 1.54. The quantitative estimate of drug-likeness (QED) is 0.335. The number of hydrogen-bond acceptors (Lipinski definition) is 5. The van der Waals surface area contributed by atoms with Crippen LogP contribution in [0.5, 0.6) is 11.5 Å². The molecule has 2 aromatic carbocycles. The van der Waals surface area contributed by atoms with E-state index < -0.39 is 5.97 Å². The van der Waals surface area contributed by atoms with Crippen LogP contribution >= 0.6 is 0 Å². The van der Waals surface area contributed by atoms with Gasteiger partial charge in [-0.25, -0.2) is 4.79 Å². The summed E-state index contributed by atoms with van der Waals surface area (Å²) in [6.07, 6.45) is 7.51. The number of quaternary nitrogens is 1. The minimum atomic E-state index is -0.537. The second kappa shape index (κ2) is 11.6. The third-order valence-corrected chi connectivity index (χ3v) is 7.66. The van der Waals surface area contributed by atoms with E-state index in [-0.39, 0.29) is 11.6 Å². The van der Waals surface area contributed by atoms with Crippen molar-refractivity contribution in [3.63, 3.8) is 0 Å². The third kappa shape index (κ3) is 5.90. The molecule has 0 saturated carbocycles. The van der Waals surface area contributed by atoms with Gasteiger partial charge in [0.1, 0.15) is 12.3 Å². The zero-order chi connectivity index (χ0) is 25.5. The lowest BCUT2D eigenvalue weighted by atomic mass is 9.82. The van der Waals surface area contributed by atoms with Gasteiger partial charge in [0.2, 0.25) is 0 Å². The Bertz CT molecular complexity index is 1100. The van der Waals surface area contributed by atoms with Gasteiger partial charge in [0.05, 0.1) is 40.4 Å². The number of nitrogens with zero attached hydrogens (tertiary/aromatic N) is 1. The molecule has 0 aliphatic carbocycles. The fourth-order valence-electron chi connectivity index (χ4n) is 5.73. The Labute approximate surface area is 213 Å². The molecule has 0 spiro atoms. The van der Waals surface area contributed by atoms with Crippen molar-refractivity contribution in [3.8, 4) is 11.5 Å². The molecule has 3 atom stereocenters. The van der Waals surface area contributed by atoms with Crippen LogP contribution in [0.15, 0.2) is 54.2 Å². The smallest absolute Gasteiger partial charge is 0.354 e. The minimum absolute atomic E-state index is 0.0905. The highest BCUT2D eigenvalue weighted by Crippen LogP contribution is 2.36. The summed E-state index contributed by atoms with van der Waals surface area (Å²) in [6, 6.07) is 14.7. The Hall–Kier alpha value is -3.32. The highest BCUT2D eigenvalue weighted by molar-refractivity contribution is 6.03. The van der Waals surface area contributed by atoms with Gasteiger partial charge in [0.15, 0.2) is 11.5 Å². The van der Waals surface area contributed by atoms with Crippen molar-refractivity contribution < 1.29 is 28.3 Å². The first kappa shape index (κ1) is 25.8. The highest BCUT2D eigenvalue weighted by atomic mass is 16.5. The Kier molecular flexibility index (Phi) is 8.31. The molecule has 4 rings (SSSR count). The molecule has 0 bridgehead atoms. The molecule has 7 nitrogen and oxygen atoms in total. The average molecular weight is 494 g/mol. The minimum Gasteiger partial charge on any atom is -0.493 e. The first-order valence-electron chi connectivity index (χ1n) is 12.7. The van der Waals surface area contributed by atoms with Crippen molar-refractivity contribution in [2.75, 3.05) is 41.0 Å². The first-order valence-corrected chi connectivity index (χ1v) is 12.7. The number of methoxy groups -OCH3 is 2. The van der Waals surface area contributed by atoms with Crippen LogP contribution in [0.1, 0.15) is 48.0 Å². The second-order valence-electron chi connectivity index (χ2n) is 9.98. The molecule has 7 heteroatoms. The van der Waals surface area contributed by atoms with Crippen molar-refractivity contribution >= 4 is 18.0 Å². The zero-order valence-corrected chi connectivity index (χ0v) is 21.5. The number of benzene rings is 2. The van der Waals surface area contributed by atoms with Gasteiger partial charge in [-0.1, -0.05) is 24.3 Å². The van der Waals surface area contributed by atoms with Gasteiger partial charge < -0.3 is 24.0 Å². The molecule has 192 valence electrons. The van der Waals surface area contributed by atoms with Crippen molar-refractivity contribution in [1.29, 1.82) is 0 Å². The van der Waals surface area contributed by atoms with Gasteiger partial charge in [-0.05, 0) is 61.6 Å². The molecule has 0 aromatic heterocycles. The summed E-state index contributed by atoms with van der Waals surface area (Å²) >= 11 is 0. The van der Waals surface area contributed by atoms with Crippen molar-refractivity contribution in [1.82, 2.24) is 5.32 Å². The predicted molar refractivity (Wildman–Crippen MR) is 139 cm³/mol. The van der Waals surface area contributed by atoms with E-state index in [0.717, 1.165) is 17.3 Å². The maximum Gasteiger partial charge on any atom is 0.354 e. The van der Waals surface area contributed by atoms with Gasteiger partial charge in [-0.3, -0.25) is 4.79 Å². The number of amides is 1. The molecule has 2 unspecified atom stereocenters. The van der Waals surface area contributed by atoms with Crippen molar-refractivity contribution in [3.05, 3.63) is 65.4 Å². The molecule has 2 saturated heterocycles. The number of piperidine rings is 2. The van der Waals surface area contributed by atoms with Crippen LogP contribution in [0.4, 0.5) is 0 Å². The van der Waals surface area contributed by atoms with E-state index in [1.165, 1.54) is 32.4 Å². The van der Waals surface area contributed by atoms with E-state index in [1.807, 2.05) is 6.07 Å². The Morgan fingerprint density at radius 3 is 2.47 bits per heavy atom. The molecule has 1 amide bonds. The Morgan fingerprint density at radius 2 is 1.72 bits per heavy atom. The van der Waals surface area contributed by atoms with Crippen LogP contribution < -0.4 is 14.8 Å². The molecule has 2 aliphatic heterocycles. The summed E-state index contributed by atoms with van der Waals surface area (Å²) in [5.41, 5.74) is 1.24. The lowest BCUT2D eigenvalue weighted by Crippen LogP contribution is -2.61. The molecule has 1 N–H and O–H groups in total. The van der Waals surface area contributed by atoms with Crippen LogP contribution in [-0.2, 0) is 9.53 Å². The monoisotopic (exact) mass is 493 g/mol. The number of hydrogen-bond donors (Lipinski definition) is 1. The number of ether oxygens (including phenoxy) is 3. The third-order valence-electron chi connectivity index (χ3n) is 7.66. The van der Waals surface area contributed by atoms with Gasteiger partial charge in [0, 0.05) is 17.9 Å². The van der Waals surface area contributed by atoms with Crippen molar-refractivity contribution in [2.45, 2.75) is 38.1 Å². The number of rotatable bonds is 8. The molecule has 36 heavy (non-hydrogen) atoms. The van der Waals surface area contributed by atoms with E-state index in [4.69, 9.17) is 14.2 Å². The van der Waals surface area contributed by atoms with Gasteiger partial charge >= 0.3 is 5.97 Å². The summed E-state index contributed by atoms with van der Waals surface area (Å²) in [6.45, 7) is 2.77. The Morgan fingerprint density at radius 1 is 0.972 bits per heavy atom. The van der Waals surface area contributed by atoms with E-state index in [2.05, 4.69) is 12.4 Å². The lowest BCUT2D eigenvalue weighted by molar-refractivity contribution is -0.947. The number of carbonyl (C=O) groups excluding carboxylic acids is 2. The van der Waals surface area contributed by atoms with Gasteiger partial charge in [-0.15, -0.1) is 0 Å². The number of fused-ring (bicyclic) bond motifs is 1. The number of carbonyl (C=O) groups is 2. The molecular formula is C29H37N2O5+. The van der Waals surface area contributed by atoms with Crippen molar-refractivity contribution in [2.24, 2.45) is 5.92 Å². The summed E-state index contributed by atoms with van der Waals surface area (Å²) in [7, 11) is 5.47. The molecule has 2 aliphatic rings. The topological polar surface area (TPSA) is 73.9 Å². The zero-order valence-electron chi connectivity index (χ0n) is 21.5. The maximum atomic E-state index is 13.3. The van der Waals surface area contributed by atoms with Crippen LogP contribution in [0.25, 0.3) is 6.08 Å². The summed E-state index contributed by atoms with van der Waals surface area (Å²) in [4.78, 5) is 26.2. The summed E-state index contributed by atoms with van der Waals surface area (Å²) in [5, 5.41) is 2.77. The number of esters is 1. The summed E-state index contributed by atoms with van der Waals surface area (Å²) in [5.74, 6) is 0.543. The number of nitrogens with one attached hydrogen (secondary N) is 1. The molecule has 2 heterocycles. The van der Waals surface area contributed by atoms with Crippen LogP contribution in [0.2, 0.25) is 0 Å². The SMILES string of the molecule is COc1ccc(/C=C(/NC(=O)c2ccccc2)C(=O)OC[C@@H]2CCC[N+]3(C)CCCCC23)cc1OC. The average Bonchev–Trinajstić information content (AvgIpc) is 2.91. The first-order chi connectivity index (χ1) is 17.4. The van der Waals surface area contributed by atoms with Crippen LogP contribution in [0.3, 0.4) is 0 Å².